The number of hydrogen-bond donors (Lipinski definition) is 1. The van der Waals surface area contributed by atoms with Gasteiger partial charge in [-0.05, 0) is 31.9 Å². The van der Waals surface area contributed by atoms with Crippen LogP contribution in [0.15, 0.2) is 48.7 Å². The van der Waals surface area contributed by atoms with E-state index >= 15 is 0 Å². The molecule has 2 heterocycles. The van der Waals surface area contributed by atoms with Gasteiger partial charge in [-0.25, -0.2) is 4.98 Å². The Hall–Kier alpha value is -2.89. The molecule has 1 aliphatic rings. The molecule has 2 amide bonds. The summed E-state index contributed by atoms with van der Waals surface area (Å²) >= 11 is 0. The third kappa shape index (κ3) is 5.31. The molecule has 1 unspecified atom stereocenters. The van der Waals surface area contributed by atoms with E-state index in [-0.39, 0.29) is 30.3 Å². The number of aromatic nitrogens is 1. The molecule has 0 spiro atoms. The monoisotopic (exact) mass is 381 g/mol. The number of amides is 2. The van der Waals surface area contributed by atoms with E-state index in [1.165, 1.54) is 5.56 Å². The molecule has 28 heavy (non-hydrogen) atoms. The van der Waals surface area contributed by atoms with Crippen LogP contribution in [0.25, 0.3) is 0 Å². The highest BCUT2D eigenvalue weighted by Crippen LogP contribution is 2.20. The summed E-state index contributed by atoms with van der Waals surface area (Å²) in [6.07, 6.45) is 2.74. The summed E-state index contributed by atoms with van der Waals surface area (Å²) in [6.45, 7) is 5.32. The van der Waals surface area contributed by atoms with Gasteiger partial charge in [0.05, 0.1) is 12.0 Å². The summed E-state index contributed by atoms with van der Waals surface area (Å²) in [5, 5.41) is 2.93. The number of pyridine rings is 1. The van der Waals surface area contributed by atoms with Crippen LogP contribution in [-0.4, -0.2) is 40.9 Å². The minimum atomic E-state index is -0.311. The molecule has 2 aromatic rings. The summed E-state index contributed by atoms with van der Waals surface area (Å²) in [5.41, 5.74) is 2.02. The fourth-order valence-corrected chi connectivity index (χ4v) is 3.29. The Morgan fingerprint density at radius 3 is 2.79 bits per heavy atom. The second-order valence-corrected chi connectivity index (χ2v) is 7.33. The Balaban J connectivity index is 1.51. The van der Waals surface area contributed by atoms with Gasteiger partial charge in [0.1, 0.15) is 0 Å². The number of rotatable bonds is 8. The van der Waals surface area contributed by atoms with E-state index in [1.54, 1.807) is 11.1 Å². The predicted octanol–water partition coefficient (Wildman–Crippen LogP) is 2.58. The van der Waals surface area contributed by atoms with Crippen LogP contribution in [-0.2, 0) is 22.6 Å². The number of carbonyl (C=O) groups is 2. The van der Waals surface area contributed by atoms with Crippen molar-refractivity contribution >= 4 is 11.8 Å². The van der Waals surface area contributed by atoms with Crippen molar-refractivity contribution in [2.45, 2.75) is 39.3 Å². The van der Waals surface area contributed by atoms with Gasteiger partial charge in [-0.1, -0.05) is 36.4 Å². The average Bonchev–Trinajstić information content (AvgIpc) is 3.06. The third-order valence-corrected chi connectivity index (χ3v) is 4.75. The van der Waals surface area contributed by atoms with Crippen LogP contribution in [0.2, 0.25) is 0 Å². The zero-order valence-electron chi connectivity index (χ0n) is 16.4. The van der Waals surface area contributed by atoms with Gasteiger partial charge in [0.2, 0.25) is 17.7 Å². The topological polar surface area (TPSA) is 71.5 Å². The Labute approximate surface area is 165 Å². The molecule has 0 aliphatic carbocycles. The summed E-state index contributed by atoms with van der Waals surface area (Å²) < 4.78 is 5.69. The van der Waals surface area contributed by atoms with Crippen molar-refractivity contribution in [3.63, 3.8) is 0 Å². The molecule has 1 N–H and O–H groups in total. The lowest BCUT2D eigenvalue weighted by Gasteiger charge is -2.17. The Morgan fingerprint density at radius 2 is 2.04 bits per heavy atom. The van der Waals surface area contributed by atoms with Crippen molar-refractivity contribution in [2.24, 2.45) is 5.92 Å². The van der Waals surface area contributed by atoms with E-state index in [2.05, 4.69) is 22.4 Å². The zero-order chi connectivity index (χ0) is 19.9. The molecule has 3 rings (SSSR count). The van der Waals surface area contributed by atoms with E-state index < -0.39 is 0 Å². The van der Waals surface area contributed by atoms with Gasteiger partial charge in [-0.15, -0.1) is 0 Å². The Bertz CT molecular complexity index is 808. The SMILES string of the molecule is CC(C)Oc1ncccc1CNC(=O)C1CC(=O)N(CCc2ccccc2)C1. The molecule has 0 saturated carbocycles. The summed E-state index contributed by atoms with van der Waals surface area (Å²) in [6, 6.07) is 13.8. The second kappa shape index (κ2) is 9.35. The van der Waals surface area contributed by atoms with Gasteiger partial charge in [0, 0.05) is 37.8 Å². The van der Waals surface area contributed by atoms with E-state index in [1.807, 2.05) is 44.2 Å². The molecular weight excluding hydrogens is 354 g/mol. The molecule has 148 valence electrons. The van der Waals surface area contributed by atoms with Crippen LogP contribution in [0.3, 0.4) is 0 Å². The molecule has 1 aromatic heterocycles. The van der Waals surface area contributed by atoms with Crippen molar-refractivity contribution in [3.05, 3.63) is 59.8 Å². The van der Waals surface area contributed by atoms with E-state index in [4.69, 9.17) is 4.74 Å². The Kier molecular flexibility index (Phi) is 6.63. The number of benzene rings is 1. The van der Waals surface area contributed by atoms with E-state index in [0.29, 0.717) is 25.5 Å². The first kappa shape index (κ1) is 19.9. The smallest absolute Gasteiger partial charge is 0.225 e. The van der Waals surface area contributed by atoms with Crippen LogP contribution in [0, 0.1) is 5.92 Å². The van der Waals surface area contributed by atoms with Crippen molar-refractivity contribution in [1.29, 1.82) is 0 Å². The summed E-state index contributed by atoms with van der Waals surface area (Å²) in [5.74, 6) is 0.162. The average molecular weight is 381 g/mol. The van der Waals surface area contributed by atoms with Crippen LogP contribution < -0.4 is 10.1 Å². The molecule has 1 atom stereocenters. The first-order valence-corrected chi connectivity index (χ1v) is 9.73. The molecule has 6 nitrogen and oxygen atoms in total. The lowest BCUT2D eigenvalue weighted by molar-refractivity contribution is -0.129. The van der Waals surface area contributed by atoms with Crippen LogP contribution in [0.5, 0.6) is 5.88 Å². The maximum atomic E-state index is 12.6. The molecule has 1 aliphatic heterocycles. The number of hydrogen-bond acceptors (Lipinski definition) is 4. The number of likely N-dealkylation sites (tertiary alicyclic amines) is 1. The highest BCUT2D eigenvalue weighted by atomic mass is 16.5. The van der Waals surface area contributed by atoms with E-state index in [0.717, 1.165) is 12.0 Å². The summed E-state index contributed by atoms with van der Waals surface area (Å²) in [4.78, 5) is 30.9. The number of nitrogens with zero attached hydrogens (tertiary/aromatic N) is 2. The minimum Gasteiger partial charge on any atom is -0.475 e. The standard InChI is InChI=1S/C22H27N3O3/c1-16(2)28-22-18(9-6-11-23-22)14-24-21(27)19-13-20(26)25(15-19)12-10-17-7-4-3-5-8-17/h3-9,11,16,19H,10,12-15H2,1-2H3,(H,24,27). The van der Waals surface area contributed by atoms with Crippen LogP contribution >= 0.6 is 0 Å². The first-order valence-electron chi connectivity index (χ1n) is 9.73. The quantitative estimate of drug-likeness (QED) is 0.763. The molecular formula is C22H27N3O3. The second-order valence-electron chi connectivity index (χ2n) is 7.33. The lowest BCUT2D eigenvalue weighted by Crippen LogP contribution is -2.33. The molecule has 1 fully saturated rings. The maximum Gasteiger partial charge on any atom is 0.225 e. The molecule has 0 bridgehead atoms. The van der Waals surface area contributed by atoms with Crippen LogP contribution in [0.4, 0.5) is 0 Å². The lowest BCUT2D eigenvalue weighted by atomic mass is 10.1. The fraction of sp³-hybridized carbons (Fsp3) is 0.409. The van der Waals surface area contributed by atoms with Gasteiger partial charge in [0.15, 0.2) is 0 Å². The number of carbonyl (C=O) groups excluding carboxylic acids is 2. The summed E-state index contributed by atoms with van der Waals surface area (Å²) in [7, 11) is 0. The van der Waals surface area contributed by atoms with Gasteiger partial charge in [-0.2, -0.15) is 0 Å². The minimum absolute atomic E-state index is 0.00924. The van der Waals surface area contributed by atoms with E-state index in [9.17, 15) is 9.59 Å². The first-order chi connectivity index (χ1) is 13.5. The zero-order valence-corrected chi connectivity index (χ0v) is 16.4. The fourth-order valence-electron chi connectivity index (χ4n) is 3.29. The van der Waals surface area contributed by atoms with Gasteiger partial charge in [0.25, 0.3) is 0 Å². The molecule has 0 radical (unpaired) electrons. The number of ether oxygens (including phenoxy) is 1. The van der Waals surface area contributed by atoms with Gasteiger partial charge >= 0.3 is 0 Å². The van der Waals surface area contributed by atoms with Gasteiger partial charge < -0.3 is 15.0 Å². The molecule has 1 aromatic carbocycles. The predicted molar refractivity (Wildman–Crippen MR) is 107 cm³/mol. The molecule has 6 heteroatoms. The largest absolute Gasteiger partial charge is 0.475 e. The Morgan fingerprint density at radius 1 is 1.25 bits per heavy atom. The third-order valence-electron chi connectivity index (χ3n) is 4.75. The van der Waals surface area contributed by atoms with Crippen molar-refractivity contribution in [1.82, 2.24) is 15.2 Å². The highest BCUT2D eigenvalue weighted by Gasteiger charge is 2.33. The number of nitrogens with one attached hydrogen (secondary N) is 1. The van der Waals surface area contributed by atoms with Crippen molar-refractivity contribution in [2.75, 3.05) is 13.1 Å². The van der Waals surface area contributed by atoms with Crippen molar-refractivity contribution in [3.8, 4) is 5.88 Å². The highest BCUT2D eigenvalue weighted by molar-refractivity contribution is 5.89. The van der Waals surface area contributed by atoms with Crippen molar-refractivity contribution < 1.29 is 14.3 Å². The normalized spacial score (nSPS) is 16.5. The molecule has 1 saturated heterocycles. The van der Waals surface area contributed by atoms with Crippen LogP contribution in [0.1, 0.15) is 31.4 Å². The maximum absolute atomic E-state index is 12.6. The van der Waals surface area contributed by atoms with Gasteiger partial charge in [-0.3, -0.25) is 9.59 Å².